The van der Waals surface area contributed by atoms with Gasteiger partial charge in [-0.05, 0) is 83.5 Å². The van der Waals surface area contributed by atoms with Gasteiger partial charge in [0.15, 0.2) is 6.10 Å². The minimum Gasteiger partial charge on any atom is -0.462 e. The molecule has 0 aliphatic rings. The van der Waals surface area contributed by atoms with E-state index >= 15 is 0 Å². The molecule has 0 aliphatic carbocycles. The molecule has 0 aromatic heterocycles. The first kappa shape index (κ1) is 59.1. The Kier molecular flexibility index (Phi) is 48.4. The fourth-order valence-corrected chi connectivity index (χ4v) is 7.25. The van der Waals surface area contributed by atoms with Crippen molar-refractivity contribution < 1.29 is 28.6 Å². The summed E-state index contributed by atoms with van der Waals surface area (Å²) in [5, 5.41) is 0. The molecular weight excluding hydrogens is 769 g/mol. The molecule has 0 amide bonds. The Labute approximate surface area is 383 Å². The molecule has 0 bridgehead atoms. The number of allylic oxidation sites excluding steroid dienone is 10. The van der Waals surface area contributed by atoms with Gasteiger partial charge in [0.05, 0.1) is 0 Å². The second kappa shape index (κ2) is 50.8. The summed E-state index contributed by atoms with van der Waals surface area (Å²) in [6, 6.07) is 0. The Balaban J connectivity index is 4.45. The average Bonchev–Trinajstić information content (AvgIpc) is 3.27. The fourth-order valence-electron chi connectivity index (χ4n) is 7.25. The predicted molar refractivity (Wildman–Crippen MR) is 265 cm³/mol. The summed E-state index contributed by atoms with van der Waals surface area (Å²) in [6.45, 7) is 6.55. The zero-order valence-electron chi connectivity index (χ0n) is 40.9. The highest BCUT2D eigenvalue weighted by Crippen LogP contribution is 2.14. The van der Waals surface area contributed by atoms with Crippen molar-refractivity contribution >= 4 is 17.9 Å². The van der Waals surface area contributed by atoms with E-state index in [9.17, 15) is 14.4 Å². The van der Waals surface area contributed by atoms with Crippen LogP contribution in [0.15, 0.2) is 60.8 Å². The maximum Gasteiger partial charge on any atom is 0.306 e. The van der Waals surface area contributed by atoms with Crippen LogP contribution in [0.2, 0.25) is 0 Å². The lowest BCUT2D eigenvalue weighted by atomic mass is 10.0. The van der Waals surface area contributed by atoms with Crippen LogP contribution in [0.1, 0.15) is 258 Å². The van der Waals surface area contributed by atoms with Crippen molar-refractivity contribution in [2.75, 3.05) is 13.2 Å². The molecule has 6 nitrogen and oxygen atoms in total. The minimum absolute atomic E-state index is 0.0955. The topological polar surface area (TPSA) is 78.9 Å². The van der Waals surface area contributed by atoms with Crippen LogP contribution < -0.4 is 0 Å². The van der Waals surface area contributed by atoms with Gasteiger partial charge in [0.1, 0.15) is 13.2 Å². The molecule has 0 N–H and O–H groups in total. The molecule has 0 unspecified atom stereocenters. The van der Waals surface area contributed by atoms with Crippen molar-refractivity contribution in [1.29, 1.82) is 0 Å². The molecule has 0 aromatic rings. The van der Waals surface area contributed by atoms with Gasteiger partial charge in [-0.25, -0.2) is 0 Å². The summed E-state index contributed by atoms with van der Waals surface area (Å²) >= 11 is 0. The van der Waals surface area contributed by atoms with E-state index in [1.807, 2.05) is 0 Å². The third-order valence-electron chi connectivity index (χ3n) is 11.2. The number of rotatable bonds is 47. The smallest absolute Gasteiger partial charge is 0.306 e. The molecule has 6 heteroatoms. The van der Waals surface area contributed by atoms with Crippen molar-refractivity contribution in [3.63, 3.8) is 0 Å². The minimum atomic E-state index is -0.797. The first-order valence-electron chi connectivity index (χ1n) is 26.3. The van der Waals surface area contributed by atoms with Crippen LogP contribution in [0.4, 0.5) is 0 Å². The van der Waals surface area contributed by atoms with Crippen molar-refractivity contribution in [3.8, 4) is 0 Å². The molecule has 358 valence electrons. The first-order valence-corrected chi connectivity index (χ1v) is 26.3. The van der Waals surface area contributed by atoms with Gasteiger partial charge >= 0.3 is 17.9 Å². The lowest BCUT2D eigenvalue weighted by Crippen LogP contribution is -2.30. The second-order valence-corrected chi connectivity index (χ2v) is 17.4. The number of ether oxygens (including phenoxy) is 3. The van der Waals surface area contributed by atoms with E-state index in [0.29, 0.717) is 19.3 Å². The third kappa shape index (κ3) is 48.1. The third-order valence-corrected chi connectivity index (χ3v) is 11.2. The Morgan fingerprint density at radius 3 is 1.00 bits per heavy atom. The van der Waals surface area contributed by atoms with Gasteiger partial charge in [-0.3, -0.25) is 14.4 Å². The Morgan fingerprint density at radius 1 is 0.323 bits per heavy atom. The highest BCUT2D eigenvalue weighted by Gasteiger charge is 2.19. The molecule has 0 fully saturated rings. The van der Waals surface area contributed by atoms with Gasteiger partial charge in [-0.2, -0.15) is 0 Å². The zero-order valence-corrected chi connectivity index (χ0v) is 40.9. The van der Waals surface area contributed by atoms with Gasteiger partial charge in [-0.15, -0.1) is 0 Å². The van der Waals surface area contributed by atoms with Crippen LogP contribution in [-0.4, -0.2) is 37.2 Å². The van der Waals surface area contributed by atoms with Gasteiger partial charge in [0.25, 0.3) is 0 Å². The number of carbonyl (C=O) groups is 3. The Bertz CT molecular complexity index is 1130. The number of carbonyl (C=O) groups excluding carboxylic acids is 3. The van der Waals surface area contributed by atoms with Gasteiger partial charge < -0.3 is 14.2 Å². The molecule has 0 saturated carbocycles. The molecule has 1 atom stereocenters. The lowest BCUT2D eigenvalue weighted by molar-refractivity contribution is -0.167. The zero-order chi connectivity index (χ0) is 45.1. The molecule has 0 radical (unpaired) electrons. The van der Waals surface area contributed by atoms with Gasteiger partial charge in [0, 0.05) is 19.3 Å². The summed E-state index contributed by atoms with van der Waals surface area (Å²) in [7, 11) is 0. The maximum atomic E-state index is 12.8. The summed E-state index contributed by atoms with van der Waals surface area (Å²) < 4.78 is 16.7. The summed E-state index contributed by atoms with van der Waals surface area (Å²) in [5.41, 5.74) is 0. The Morgan fingerprint density at radius 2 is 0.597 bits per heavy atom. The van der Waals surface area contributed by atoms with Crippen molar-refractivity contribution in [3.05, 3.63) is 60.8 Å². The van der Waals surface area contributed by atoms with E-state index in [0.717, 1.165) is 83.5 Å². The normalized spacial score (nSPS) is 12.5. The standard InChI is InChI=1S/C56H98O6/c1-4-7-10-13-16-19-22-25-27-28-30-32-35-37-40-43-46-49-55(58)61-52-53(62-56(59)50-47-44-41-38-33-24-21-18-15-12-9-6-3)51-60-54(57)48-45-42-39-36-34-31-29-26-23-20-17-14-11-8-5-2/h17,20,25-27,29-30,32,37,40,53H,4-16,18-19,21-24,28,31,33-36,38-39,41-52H2,1-3H3/b20-17-,27-25-,29-26-,32-30-,40-37-/t53-/m1/s1. The summed E-state index contributed by atoms with van der Waals surface area (Å²) in [5.74, 6) is -0.957. The van der Waals surface area contributed by atoms with Crippen LogP contribution >= 0.6 is 0 Å². The van der Waals surface area contributed by atoms with Crippen molar-refractivity contribution in [2.45, 2.75) is 264 Å². The van der Waals surface area contributed by atoms with Crippen LogP contribution in [0.25, 0.3) is 0 Å². The van der Waals surface area contributed by atoms with E-state index in [4.69, 9.17) is 14.2 Å². The average molecular weight is 867 g/mol. The molecule has 0 rings (SSSR count). The van der Waals surface area contributed by atoms with Gasteiger partial charge in [0.2, 0.25) is 0 Å². The largest absolute Gasteiger partial charge is 0.462 e. The molecule has 62 heavy (non-hydrogen) atoms. The molecule has 0 heterocycles. The van der Waals surface area contributed by atoms with Crippen molar-refractivity contribution in [1.82, 2.24) is 0 Å². The summed E-state index contributed by atoms with van der Waals surface area (Å²) in [4.78, 5) is 37.9. The van der Waals surface area contributed by atoms with Crippen LogP contribution in [0.3, 0.4) is 0 Å². The maximum absolute atomic E-state index is 12.8. The van der Waals surface area contributed by atoms with Gasteiger partial charge in [-0.1, -0.05) is 216 Å². The highest BCUT2D eigenvalue weighted by atomic mass is 16.6. The number of esters is 3. The lowest BCUT2D eigenvalue weighted by Gasteiger charge is -2.18. The van der Waals surface area contributed by atoms with E-state index < -0.39 is 6.10 Å². The molecule has 0 saturated heterocycles. The van der Waals surface area contributed by atoms with E-state index in [1.165, 1.54) is 128 Å². The number of hydrogen-bond acceptors (Lipinski definition) is 6. The molecule has 0 spiro atoms. The Hall–Kier alpha value is -2.89. The highest BCUT2D eigenvalue weighted by molar-refractivity contribution is 5.71. The van der Waals surface area contributed by atoms with E-state index in [1.54, 1.807) is 0 Å². The molecule has 0 aliphatic heterocycles. The van der Waals surface area contributed by atoms with Crippen LogP contribution in [-0.2, 0) is 28.6 Å². The van der Waals surface area contributed by atoms with Crippen LogP contribution in [0.5, 0.6) is 0 Å². The quantitative estimate of drug-likeness (QED) is 0.0262. The van der Waals surface area contributed by atoms with Crippen LogP contribution in [0, 0.1) is 0 Å². The summed E-state index contributed by atoms with van der Waals surface area (Å²) in [6.07, 6.45) is 62.1. The number of hydrogen-bond donors (Lipinski definition) is 0. The second-order valence-electron chi connectivity index (χ2n) is 17.4. The first-order chi connectivity index (χ1) is 30.5. The fraction of sp³-hybridized carbons (Fsp3) is 0.768. The molecular formula is C56H98O6. The van der Waals surface area contributed by atoms with E-state index in [2.05, 4.69) is 81.5 Å². The monoisotopic (exact) mass is 867 g/mol. The SMILES string of the molecule is CCCCC/C=C\C/C=C\CCCCCCCC(=O)OC[C@H](COC(=O)CCC/C=C\C/C=C\C/C=C\CCCCCCCC)OC(=O)CCCCCCCCCCCCCC. The molecule has 0 aromatic carbocycles. The predicted octanol–water partition coefficient (Wildman–Crippen LogP) is 17.3. The van der Waals surface area contributed by atoms with E-state index in [-0.39, 0.29) is 37.5 Å². The van der Waals surface area contributed by atoms with Crippen molar-refractivity contribution in [2.24, 2.45) is 0 Å². The number of unbranched alkanes of at least 4 members (excludes halogenated alkanes) is 26.